The van der Waals surface area contributed by atoms with E-state index in [0.29, 0.717) is 12.4 Å². The van der Waals surface area contributed by atoms with Gasteiger partial charge in [-0.2, -0.15) is 0 Å². The zero-order valence-corrected chi connectivity index (χ0v) is 10.1. The van der Waals surface area contributed by atoms with Gasteiger partial charge in [-0.15, -0.1) is 0 Å². The van der Waals surface area contributed by atoms with Crippen LogP contribution in [0.3, 0.4) is 0 Å². The van der Waals surface area contributed by atoms with Gasteiger partial charge in [-0.3, -0.25) is 0 Å². The molecule has 90 valence electrons. The number of phenols is 1. The van der Waals surface area contributed by atoms with Crippen LogP contribution in [0.2, 0.25) is 0 Å². The molecule has 0 unspecified atom stereocenters. The van der Waals surface area contributed by atoms with Gasteiger partial charge in [0, 0.05) is 0 Å². The highest BCUT2D eigenvalue weighted by atomic mass is 16.5. The molecule has 0 aliphatic carbocycles. The predicted octanol–water partition coefficient (Wildman–Crippen LogP) is 4.11. The summed E-state index contributed by atoms with van der Waals surface area (Å²) >= 11 is 0. The molecule has 0 spiro atoms. The van der Waals surface area contributed by atoms with E-state index in [2.05, 4.69) is 6.92 Å². The first kappa shape index (κ1) is 11.8. The Hall–Kier alpha value is -1.70. The highest BCUT2D eigenvalue weighted by Gasteiger charge is 2.04. The van der Waals surface area contributed by atoms with Crippen LogP contribution in [0.5, 0.6) is 11.5 Å². The van der Waals surface area contributed by atoms with Gasteiger partial charge >= 0.3 is 0 Å². The minimum atomic E-state index is 0.222. The number of benzene rings is 2. The summed E-state index contributed by atoms with van der Waals surface area (Å²) in [6, 6.07) is 11.6. The van der Waals surface area contributed by atoms with E-state index in [0.717, 1.165) is 23.6 Å². The fourth-order valence-electron chi connectivity index (χ4n) is 1.86. The summed E-state index contributed by atoms with van der Waals surface area (Å²) in [5, 5.41) is 12.0. The first-order valence-electron chi connectivity index (χ1n) is 6.16. The molecule has 0 fully saturated rings. The minimum Gasteiger partial charge on any atom is -0.504 e. The van der Waals surface area contributed by atoms with Crippen LogP contribution in [0.1, 0.15) is 26.2 Å². The third-order valence-electron chi connectivity index (χ3n) is 2.83. The van der Waals surface area contributed by atoms with Crippen molar-refractivity contribution in [3.8, 4) is 11.5 Å². The molecule has 0 aromatic heterocycles. The van der Waals surface area contributed by atoms with E-state index in [1.807, 2.05) is 30.3 Å². The second-order valence-electron chi connectivity index (χ2n) is 4.22. The summed E-state index contributed by atoms with van der Waals surface area (Å²) in [5.41, 5.74) is 0. The summed E-state index contributed by atoms with van der Waals surface area (Å²) < 4.78 is 5.60. The molecule has 1 N–H and O–H groups in total. The normalized spacial score (nSPS) is 10.6. The van der Waals surface area contributed by atoms with Crippen LogP contribution in [0.4, 0.5) is 0 Å². The Morgan fingerprint density at radius 2 is 1.76 bits per heavy atom. The fraction of sp³-hybridized carbons (Fsp3) is 0.333. The maximum Gasteiger partial charge on any atom is 0.161 e. The van der Waals surface area contributed by atoms with Crippen molar-refractivity contribution in [1.29, 1.82) is 0 Å². The Bertz CT molecular complexity index is 491. The van der Waals surface area contributed by atoms with Gasteiger partial charge in [0.2, 0.25) is 0 Å². The number of unbranched alkanes of at least 4 members (excludes halogenated alkanes) is 2. The van der Waals surface area contributed by atoms with Crippen molar-refractivity contribution in [2.75, 3.05) is 6.61 Å². The number of ether oxygens (including phenoxy) is 1. The lowest BCUT2D eigenvalue weighted by Gasteiger charge is -2.09. The van der Waals surface area contributed by atoms with Crippen molar-refractivity contribution in [2.45, 2.75) is 26.2 Å². The largest absolute Gasteiger partial charge is 0.504 e. The zero-order chi connectivity index (χ0) is 12.1. The van der Waals surface area contributed by atoms with Crippen molar-refractivity contribution in [3.05, 3.63) is 36.4 Å². The van der Waals surface area contributed by atoms with Crippen molar-refractivity contribution < 1.29 is 9.84 Å². The molecule has 2 rings (SSSR count). The molecule has 0 aliphatic rings. The smallest absolute Gasteiger partial charge is 0.161 e. The predicted molar refractivity (Wildman–Crippen MR) is 70.6 cm³/mol. The SMILES string of the molecule is CCCCCOc1cc2ccccc2cc1O. The fourth-order valence-corrected chi connectivity index (χ4v) is 1.86. The van der Waals surface area contributed by atoms with Gasteiger partial charge in [0.15, 0.2) is 11.5 Å². The molecule has 2 heteroatoms. The van der Waals surface area contributed by atoms with E-state index in [-0.39, 0.29) is 5.75 Å². The third-order valence-corrected chi connectivity index (χ3v) is 2.83. The number of aromatic hydroxyl groups is 1. The molecule has 2 nitrogen and oxygen atoms in total. The molecule has 0 saturated carbocycles. The summed E-state index contributed by atoms with van der Waals surface area (Å²) in [6.07, 6.45) is 3.37. The standard InChI is InChI=1S/C15H18O2/c1-2-3-6-9-17-15-11-13-8-5-4-7-12(13)10-14(15)16/h4-5,7-8,10-11,16H,2-3,6,9H2,1H3. The molecule has 0 aliphatic heterocycles. The summed E-state index contributed by atoms with van der Waals surface area (Å²) in [7, 11) is 0. The van der Waals surface area contributed by atoms with Crippen molar-refractivity contribution in [2.24, 2.45) is 0 Å². The number of hydrogen-bond acceptors (Lipinski definition) is 2. The Morgan fingerprint density at radius 3 is 2.47 bits per heavy atom. The van der Waals surface area contributed by atoms with Gasteiger partial charge in [-0.25, -0.2) is 0 Å². The highest BCUT2D eigenvalue weighted by Crippen LogP contribution is 2.31. The molecule has 0 atom stereocenters. The summed E-state index contributed by atoms with van der Waals surface area (Å²) in [4.78, 5) is 0. The first-order chi connectivity index (χ1) is 8.31. The van der Waals surface area contributed by atoms with E-state index >= 15 is 0 Å². The topological polar surface area (TPSA) is 29.5 Å². The van der Waals surface area contributed by atoms with Crippen LogP contribution in [0.15, 0.2) is 36.4 Å². The molecule has 2 aromatic carbocycles. The first-order valence-corrected chi connectivity index (χ1v) is 6.16. The maximum atomic E-state index is 9.84. The van der Waals surface area contributed by atoms with Gasteiger partial charge in [0.05, 0.1) is 6.61 Å². The Kier molecular flexibility index (Phi) is 3.86. The number of hydrogen-bond donors (Lipinski definition) is 1. The van der Waals surface area contributed by atoms with Gasteiger partial charge in [0.1, 0.15) is 0 Å². The molecule has 0 radical (unpaired) electrons. The number of rotatable bonds is 5. The van der Waals surface area contributed by atoms with Gasteiger partial charge < -0.3 is 9.84 Å². The third kappa shape index (κ3) is 2.90. The summed E-state index contributed by atoms with van der Waals surface area (Å²) in [6.45, 7) is 2.83. The molecule has 0 saturated heterocycles. The quantitative estimate of drug-likeness (QED) is 0.783. The minimum absolute atomic E-state index is 0.222. The Morgan fingerprint density at radius 1 is 1.06 bits per heavy atom. The van der Waals surface area contributed by atoms with Crippen LogP contribution in [-0.4, -0.2) is 11.7 Å². The van der Waals surface area contributed by atoms with Crippen LogP contribution in [0, 0.1) is 0 Å². The van der Waals surface area contributed by atoms with E-state index in [9.17, 15) is 5.11 Å². The number of phenolic OH excluding ortho intramolecular Hbond substituents is 1. The van der Waals surface area contributed by atoms with E-state index in [1.165, 1.54) is 6.42 Å². The molecule has 2 aromatic rings. The van der Waals surface area contributed by atoms with Gasteiger partial charge in [-0.1, -0.05) is 44.0 Å². The van der Waals surface area contributed by atoms with Gasteiger partial charge in [0.25, 0.3) is 0 Å². The van der Waals surface area contributed by atoms with Crippen LogP contribution in [0.25, 0.3) is 10.8 Å². The molecule has 0 bridgehead atoms. The lowest BCUT2D eigenvalue weighted by molar-refractivity contribution is 0.291. The lowest BCUT2D eigenvalue weighted by Crippen LogP contribution is -1.97. The lowest BCUT2D eigenvalue weighted by atomic mass is 10.1. The van der Waals surface area contributed by atoms with Crippen molar-refractivity contribution in [3.63, 3.8) is 0 Å². The molecule has 17 heavy (non-hydrogen) atoms. The van der Waals surface area contributed by atoms with Crippen LogP contribution >= 0.6 is 0 Å². The van der Waals surface area contributed by atoms with Crippen molar-refractivity contribution in [1.82, 2.24) is 0 Å². The highest BCUT2D eigenvalue weighted by molar-refractivity contribution is 5.85. The van der Waals surface area contributed by atoms with E-state index in [1.54, 1.807) is 6.07 Å². The Labute approximate surface area is 102 Å². The second-order valence-corrected chi connectivity index (χ2v) is 4.22. The maximum absolute atomic E-state index is 9.84. The molecule has 0 amide bonds. The molecule has 0 heterocycles. The number of fused-ring (bicyclic) bond motifs is 1. The van der Waals surface area contributed by atoms with Crippen LogP contribution in [-0.2, 0) is 0 Å². The molecular formula is C15H18O2. The van der Waals surface area contributed by atoms with E-state index < -0.39 is 0 Å². The van der Waals surface area contributed by atoms with Gasteiger partial charge in [-0.05, 0) is 29.3 Å². The summed E-state index contributed by atoms with van der Waals surface area (Å²) in [5.74, 6) is 0.806. The van der Waals surface area contributed by atoms with E-state index in [4.69, 9.17) is 4.74 Å². The van der Waals surface area contributed by atoms with Crippen molar-refractivity contribution >= 4 is 10.8 Å². The Balaban J connectivity index is 2.14. The second kappa shape index (κ2) is 5.58. The van der Waals surface area contributed by atoms with Crippen LogP contribution < -0.4 is 4.74 Å². The monoisotopic (exact) mass is 230 g/mol. The average Bonchev–Trinajstić information content (AvgIpc) is 2.35. The molecular weight excluding hydrogens is 212 g/mol. The zero-order valence-electron chi connectivity index (χ0n) is 10.1. The average molecular weight is 230 g/mol.